The fourth-order valence-electron chi connectivity index (χ4n) is 2.84. The molecule has 23 heavy (non-hydrogen) atoms. The molecule has 0 aliphatic carbocycles. The molecule has 1 aromatic heterocycles. The zero-order valence-electron chi connectivity index (χ0n) is 12.8. The maximum absolute atomic E-state index is 12.7. The molecule has 0 radical (unpaired) electrons. The van der Waals surface area contributed by atoms with E-state index in [2.05, 4.69) is 15.5 Å². The van der Waals surface area contributed by atoms with Crippen LogP contribution in [0.2, 0.25) is 0 Å². The van der Waals surface area contributed by atoms with Crippen LogP contribution in [0.4, 0.5) is 0 Å². The second-order valence-electron chi connectivity index (χ2n) is 5.63. The van der Waals surface area contributed by atoms with Crippen LogP contribution in [0.15, 0.2) is 29.1 Å². The van der Waals surface area contributed by atoms with Crippen molar-refractivity contribution in [3.63, 3.8) is 0 Å². The van der Waals surface area contributed by atoms with Gasteiger partial charge >= 0.3 is 0 Å². The number of aromatic nitrogens is 2. The fraction of sp³-hybridized carbons (Fsp3) is 0.375. The number of aromatic amines is 1. The van der Waals surface area contributed by atoms with Gasteiger partial charge in [0.25, 0.3) is 5.56 Å². The summed E-state index contributed by atoms with van der Waals surface area (Å²) in [5.74, 6) is -0.628. The Morgan fingerprint density at radius 3 is 2.74 bits per heavy atom. The van der Waals surface area contributed by atoms with Gasteiger partial charge in [0.1, 0.15) is 0 Å². The summed E-state index contributed by atoms with van der Waals surface area (Å²) in [4.78, 5) is 37.7. The predicted molar refractivity (Wildman–Crippen MR) is 85.0 cm³/mol. The smallest absolute Gasteiger partial charge is 0.272 e. The summed E-state index contributed by atoms with van der Waals surface area (Å²) in [6, 6.07) is 7.11. The molecule has 2 heterocycles. The summed E-state index contributed by atoms with van der Waals surface area (Å²) < 4.78 is 0. The predicted octanol–water partition coefficient (Wildman–Crippen LogP) is 0.375. The minimum atomic E-state index is -0.495. The van der Waals surface area contributed by atoms with Crippen LogP contribution in [0.3, 0.4) is 0 Å². The maximum Gasteiger partial charge on any atom is 0.272 e. The van der Waals surface area contributed by atoms with Gasteiger partial charge in [-0.15, -0.1) is 0 Å². The second kappa shape index (κ2) is 6.20. The minimum absolute atomic E-state index is 0.0411. The highest BCUT2D eigenvalue weighted by molar-refractivity contribution is 5.91. The molecule has 1 atom stereocenters. The van der Waals surface area contributed by atoms with Crippen molar-refractivity contribution in [2.75, 3.05) is 19.6 Å². The zero-order valence-corrected chi connectivity index (χ0v) is 12.8. The maximum atomic E-state index is 12.7. The minimum Gasteiger partial charge on any atom is -0.354 e. The number of nitrogens with zero attached hydrogens (tertiary/aromatic N) is 2. The van der Waals surface area contributed by atoms with E-state index in [1.54, 1.807) is 30.0 Å². The highest BCUT2D eigenvalue weighted by atomic mass is 16.2. The summed E-state index contributed by atoms with van der Waals surface area (Å²) in [7, 11) is 0. The van der Waals surface area contributed by atoms with Crippen molar-refractivity contribution >= 4 is 22.6 Å². The van der Waals surface area contributed by atoms with Crippen molar-refractivity contribution in [1.82, 2.24) is 20.4 Å². The van der Waals surface area contributed by atoms with Crippen molar-refractivity contribution in [3.05, 3.63) is 40.3 Å². The van der Waals surface area contributed by atoms with E-state index in [1.807, 2.05) is 6.07 Å². The normalized spacial score (nSPS) is 16.7. The van der Waals surface area contributed by atoms with E-state index in [-0.39, 0.29) is 17.4 Å². The van der Waals surface area contributed by atoms with Gasteiger partial charge in [0, 0.05) is 31.4 Å². The van der Waals surface area contributed by atoms with Crippen LogP contribution >= 0.6 is 0 Å². The molecule has 2 N–H and O–H groups in total. The van der Waals surface area contributed by atoms with Crippen LogP contribution in [0.25, 0.3) is 10.8 Å². The third-order valence-electron chi connectivity index (χ3n) is 4.13. The Bertz CT molecular complexity index is 814. The topological polar surface area (TPSA) is 95.2 Å². The molecule has 0 bridgehead atoms. The Labute approximate surface area is 132 Å². The number of fused-ring (bicyclic) bond motifs is 1. The van der Waals surface area contributed by atoms with Gasteiger partial charge < -0.3 is 10.2 Å². The van der Waals surface area contributed by atoms with Gasteiger partial charge in [-0.05, 0) is 13.0 Å². The van der Waals surface area contributed by atoms with Crippen LogP contribution in [-0.4, -0.2) is 46.5 Å². The van der Waals surface area contributed by atoms with Crippen LogP contribution in [0.1, 0.15) is 25.0 Å². The summed E-state index contributed by atoms with van der Waals surface area (Å²) in [6.45, 7) is 3.11. The Morgan fingerprint density at radius 1 is 1.22 bits per heavy atom. The second-order valence-corrected chi connectivity index (χ2v) is 5.63. The molecule has 1 fully saturated rings. The highest BCUT2D eigenvalue weighted by Gasteiger charge is 2.26. The number of carbonyl (C=O) groups is 2. The van der Waals surface area contributed by atoms with Crippen LogP contribution in [0.5, 0.6) is 0 Å². The first-order valence-electron chi connectivity index (χ1n) is 7.60. The summed E-state index contributed by atoms with van der Waals surface area (Å²) in [5, 5.41) is 10.5. The first-order chi connectivity index (χ1) is 11.1. The first-order valence-corrected chi connectivity index (χ1v) is 7.60. The van der Waals surface area contributed by atoms with Gasteiger partial charge in [0.05, 0.1) is 17.0 Å². The summed E-state index contributed by atoms with van der Waals surface area (Å²) >= 11 is 0. The molecule has 7 heteroatoms. The van der Waals surface area contributed by atoms with Gasteiger partial charge in [-0.1, -0.05) is 18.2 Å². The number of benzene rings is 1. The van der Waals surface area contributed by atoms with E-state index in [1.165, 1.54) is 0 Å². The SMILES string of the molecule is C[C@@H](C(=O)N1CCNC(=O)CC1)c1n[nH]c(=O)c2ccccc12. The molecule has 7 nitrogen and oxygen atoms in total. The molecule has 1 aliphatic heterocycles. The molecule has 0 unspecified atom stereocenters. The number of H-pyrrole nitrogens is 1. The average Bonchev–Trinajstić information content (AvgIpc) is 2.79. The largest absolute Gasteiger partial charge is 0.354 e. The Morgan fingerprint density at radius 2 is 1.96 bits per heavy atom. The number of hydrogen-bond acceptors (Lipinski definition) is 4. The van der Waals surface area contributed by atoms with Gasteiger partial charge in [0.2, 0.25) is 11.8 Å². The summed E-state index contributed by atoms with van der Waals surface area (Å²) in [6.07, 6.45) is 0.304. The number of hydrogen-bond donors (Lipinski definition) is 2. The van der Waals surface area contributed by atoms with Crippen molar-refractivity contribution < 1.29 is 9.59 Å². The average molecular weight is 314 g/mol. The van der Waals surface area contributed by atoms with E-state index in [9.17, 15) is 14.4 Å². The molecule has 1 saturated heterocycles. The van der Waals surface area contributed by atoms with Gasteiger partial charge in [-0.25, -0.2) is 5.10 Å². The molecule has 120 valence electrons. The molecule has 1 aliphatic rings. The summed E-state index contributed by atoms with van der Waals surface area (Å²) in [5.41, 5.74) is 0.280. The molecule has 0 spiro atoms. The Hall–Kier alpha value is -2.70. The van der Waals surface area contributed by atoms with E-state index in [4.69, 9.17) is 0 Å². The molecule has 3 rings (SSSR count). The number of rotatable bonds is 2. The van der Waals surface area contributed by atoms with Crippen molar-refractivity contribution in [1.29, 1.82) is 0 Å². The Balaban J connectivity index is 1.92. The van der Waals surface area contributed by atoms with Gasteiger partial charge in [-0.3, -0.25) is 14.4 Å². The lowest BCUT2D eigenvalue weighted by atomic mass is 10.00. The monoisotopic (exact) mass is 314 g/mol. The Kier molecular flexibility index (Phi) is 4.10. The van der Waals surface area contributed by atoms with E-state index in [0.29, 0.717) is 42.5 Å². The van der Waals surface area contributed by atoms with Crippen LogP contribution < -0.4 is 10.9 Å². The lowest BCUT2D eigenvalue weighted by molar-refractivity contribution is -0.132. The zero-order chi connectivity index (χ0) is 16.4. The van der Waals surface area contributed by atoms with Crippen molar-refractivity contribution in [2.45, 2.75) is 19.3 Å². The van der Waals surface area contributed by atoms with Gasteiger partial charge in [0.15, 0.2) is 0 Å². The van der Waals surface area contributed by atoms with Crippen LogP contribution in [0, 0.1) is 0 Å². The van der Waals surface area contributed by atoms with Crippen molar-refractivity contribution in [2.24, 2.45) is 0 Å². The molecular formula is C16H18N4O3. The highest BCUT2D eigenvalue weighted by Crippen LogP contribution is 2.22. The fourth-order valence-corrected chi connectivity index (χ4v) is 2.84. The standard InChI is InChI=1S/C16H18N4O3/c1-10(16(23)20-8-6-13(21)17-7-9-20)14-11-4-2-3-5-12(11)15(22)19-18-14/h2-5,10H,6-9H2,1H3,(H,17,21)(H,19,22)/t10-/m1/s1. The van der Waals surface area contributed by atoms with Crippen LogP contribution in [-0.2, 0) is 9.59 Å². The molecule has 2 amide bonds. The van der Waals surface area contributed by atoms with Crippen molar-refractivity contribution in [3.8, 4) is 0 Å². The lowest BCUT2D eigenvalue weighted by Gasteiger charge is -2.23. The van der Waals surface area contributed by atoms with E-state index in [0.717, 1.165) is 0 Å². The quantitative estimate of drug-likeness (QED) is 0.837. The molecular weight excluding hydrogens is 296 g/mol. The molecule has 0 saturated carbocycles. The molecule has 2 aromatic rings. The number of nitrogens with one attached hydrogen (secondary N) is 2. The third kappa shape index (κ3) is 2.94. The lowest BCUT2D eigenvalue weighted by Crippen LogP contribution is -2.37. The van der Waals surface area contributed by atoms with E-state index < -0.39 is 5.92 Å². The number of amides is 2. The van der Waals surface area contributed by atoms with Gasteiger partial charge in [-0.2, -0.15) is 5.10 Å². The molecule has 1 aromatic carbocycles. The number of carbonyl (C=O) groups excluding carboxylic acids is 2. The van der Waals surface area contributed by atoms with E-state index >= 15 is 0 Å². The third-order valence-corrected chi connectivity index (χ3v) is 4.13. The first kappa shape index (κ1) is 15.2.